The molecule has 2 aromatic heterocycles. The fourth-order valence-corrected chi connectivity index (χ4v) is 11.8. The lowest BCUT2D eigenvalue weighted by molar-refractivity contribution is 1.34. The van der Waals surface area contributed by atoms with Crippen LogP contribution in [0.3, 0.4) is 0 Å². The molecule has 2 nitrogen and oxygen atoms in total. The maximum absolute atomic E-state index is 6.73. The van der Waals surface area contributed by atoms with Crippen LogP contribution in [0, 0.1) is 0 Å². The van der Waals surface area contributed by atoms with Crippen molar-refractivity contribution in [1.29, 1.82) is 0 Å². The van der Waals surface area contributed by atoms with Crippen LogP contribution in [0.4, 0.5) is 0 Å². The third-order valence-corrected chi connectivity index (χ3v) is 12.6. The van der Waals surface area contributed by atoms with E-state index in [-0.39, 0.29) is 0 Å². The standard InChI is InChI=1S/C34H23ClN2Si/c35-26-15-10-18-28(23-26)38(27-16-8-3-9-17-27)33-29(19-21-36-31(33)24-11-4-1-5-12-24)30-20-22-37-32(34(30)38)25-13-6-2-7-14-25/h1-23H. The van der Waals surface area contributed by atoms with Gasteiger partial charge in [-0.1, -0.05) is 115 Å². The number of benzene rings is 4. The molecular formula is C34H23ClN2Si. The maximum atomic E-state index is 6.73. The third-order valence-electron chi connectivity index (χ3n) is 7.50. The summed E-state index contributed by atoms with van der Waals surface area (Å²) >= 11 is 6.73. The van der Waals surface area contributed by atoms with E-state index < -0.39 is 8.07 Å². The van der Waals surface area contributed by atoms with Gasteiger partial charge in [-0.3, -0.25) is 9.97 Å². The number of nitrogens with zero attached hydrogens (tertiary/aromatic N) is 2. The van der Waals surface area contributed by atoms with E-state index in [0.717, 1.165) is 27.5 Å². The molecule has 0 spiro atoms. The normalized spacial score (nSPS) is 13.1. The van der Waals surface area contributed by atoms with Gasteiger partial charge in [0.15, 0.2) is 8.07 Å². The molecule has 7 rings (SSSR count). The number of pyridine rings is 2. The monoisotopic (exact) mass is 522 g/mol. The fourth-order valence-electron chi connectivity index (χ4n) is 6.04. The second-order valence-electron chi connectivity index (χ2n) is 9.52. The first-order chi connectivity index (χ1) is 18.8. The first-order valence-electron chi connectivity index (χ1n) is 12.7. The molecule has 0 amide bonds. The van der Waals surface area contributed by atoms with Crippen molar-refractivity contribution < 1.29 is 0 Å². The minimum absolute atomic E-state index is 0.732. The minimum Gasteiger partial charge on any atom is -0.256 e. The summed E-state index contributed by atoms with van der Waals surface area (Å²) in [5.74, 6) is 0. The third kappa shape index (κ3) is 3.40. The molecule has 0 bridgehead atoms. The Kier molecular flexibility index (Phi) is 5.54. The van der Waals surface area contributed by atoms with Gasteiger partial charge in [-0.15, -0.1) is 0 Å². The van der Waals surface area contributed by atoms with E-state index in [0.29, 0.717) is 0 Å². The van der Waals surface area contributed by atoms with Crippen molar-refractivity contribution >= 4 is 40.4 Å². The van der Waals surface area contributed by atoms with Gasteiger partial charge >= 0.3 is 0 Å². The molecule has 0 saturated heterocycles. The highest BCUT2D eigenvalue weighted by molar-refractivity contribution is 7.23. The van der Waals surface area contributed by atoms with E-state index in [1.165, 1.54) is 31.9 Å². The molecule has 0 atom stereocenters. The van der Waals surface area contributed by atoms with Crippen molar-refractivity contribution in [3.05, 3.63) is 145 Å². The highest BCUT2D eigenvalue weighted by atomic mass is 35.5. The SMILES string of the molecule is Clc1cccc([Si]2(c3ccccc3)c3c(ccnc3-c3ccccc3)-c3ccnc(-c4ccccc4)c32)c1. The summed E-state index contributed by atoms with van der Waals surface area (Å²) in [5, 5.41) is 5.83. The fraction of sp³-hybridized carbons (Fsp3) is 0. The zero-order chi connectivity index (χ0) is 25.5. The Hall–Kier alpha value is -4.31. The summed E-state index contributed by atoms with van der Waals surface area (Å²) in [5.41, 5.74) is 6.72. The van der Waals surface area contributed by atoms with E-state index in [1.54, 1.807) is 0 Å². The van der Waals surface area contributed by atoms with Gasteiger partial charge in [0, 0.05) is 28.5 Å². The Labute approximate surface area is 228 Å². The molecule has 6 aromatic rings. The molecule has 1 aliphatic heterocycles. The second-order valence-corrected chi connectivity index (χ2v) is 13.6. The van der Waals surface area contributed by atoms with Crippen LogP contribution in [0.2, 0.25) is 5.02 Å². The van der Waals surface area contributed by atoms with Crippen LogP contribution in [-0.4, -0.2) is 18.0 Å². The quantitative estimate of drug-likeness (QED) is 0.272. The highest BCUT2D eigenvalue weighted by Gasteiger charge is 2.52. The van der Waals surface area contributed by atoms with Gasteiger partial charge in [0.1, 0.15) is 0 Å². The summed E-state index contributed by atoms with van der Waals surface area (Å²) in [4.78, 5) is 10.1. The van der Waals surface area contributed by atoms with E-state index in [2.05, 4.69) is 121 Å². The van der Waals surface area contributed by atoms with E-state index in [4.69, 9.17) is 21.6 Å². The number of hydrogen-bond acceptors (Lipinski definition) is 2. The molecule has 1 aliphatic rings. The van der Waals surface area contributed by atoms with Crippen LogP contribution in [-0.2, 0) is 0 Å². The molecular weight excluding hydrogens is 500 g/mol. The first-order valence-corrected chi connectivity index (χ1v) is 15.1. The van der Waals surface area contributed by atoms with Gasteiger partial charge < -0.3 is 0 Å². The lowest BCUT2D eigenvalue weighted by Gasteiger charge is -2.33. The predicted molar refractivity (Wildman–Crippen MR) is 161 cm³/mol. The average Bonchev–Trinajstić information content (AvgIpc) is 3.30. The van der Waals surface area contributed by atoms with Gasteiger partial charge in [-0.2, -0.15) is 0 Å². The second kappa shape index (κ2) is 9.21. The van der Waals surface area contributed by atoms with Crippen molar-refractivity contribution in [2.75, 3.05) is 0 Å². The van der Waals surface area contributed by atoms with Gasteiger partial charge in [0.05, 0.1) is 11.4 Å². The van der Waals surface area contributed by atoms with Gasteiger partial charge in [0.2, 0.25) is 0 Å². The smallest absolute Gasteiger partial charge is 0.185 e. The predicted octanol–water partition coefficient (Wildman–Crippen LogP) is 5.82. The van der Waals surface area contributed by atoms with Gasteiger partial charge in [0.25, 0.3) is 0 Å². The molecule has 4 heteroatoms. The molecule has 180 valence electrons. The molecule has 0 unspecified atom stereocenters. The van der Waals surface area contributed by atoms with Crippen molar-refractivity contribution in [3.63, 3.8) is 0 Å². The van der Waals surface area contributed by atoms with Crippen LogP contribution in [0.5, 0.6) is 0 Å². The van der Waals surface area contributed by atoms with E-state index in [1.807, 2.05) is 18.5 Å². The number of halogens is 1. The molecule has 0 saturated carbocycles. The minimum atomic E-state index is -2.92. The lowest BCUT2D eigenvalue weighted by atomic mass is 10.0. The lowest BCUT2D eigenvalue weighted by Crippen LogP contribution is -2.73. The Morgan fingerprint density at radius 2 is 0.947 bits per heavy atom. The molecule has 0 radical (unpaired) electrons. The molecule has 0 aliphatic carbocycles. The Balaban J connectivity index is 1.72. The van der Waals surface area contributed by atoms with Crippen LogP contribution < -0.4 is 20.7 Å². The summed E-state index contributed by atoms with van der Waals surface area (Å²) in [7, 11) is -2.92. The Bertz CT molecular complexity index is 1680. The topological polar surface area (TPSA) is 25.8 Å². The van der Waals surface area contributed by atoms with E-state index >= 15 is 0 Å². The summed E-state index contributed by atoms with van der Waals surface area (Å²) < 4.78 is 0. The molecule has 0 N–H and O–H groups in total. The van der Waals surface area contributed by atoms with Crippen LogP contribution in [0.1, 0.15) is 0 Å². The molecule has 4 aromatic carbocycles. The molecule has 3 heterocycles. The van der Waals surface area contributed by atoms with Crippen LogP contribution in [0.25, 0.3) is 33.6 Å². The summed E-state index contributed by atoms with van der Waals surface area (Å²) in [6.07, 6.45) is 3.89. The maximum Gasteiger partial charge on any atom is 0.185 e. The van der Waals surface area contributed by atoms with Crippen molar-refractivity contribution in [3.8, 4) is 33.6 Å². The highest BCUT2D eigenvalue weighted by Crippen LogP contribution is 2.35. The van der Waals surface area contributed by atoms with Gasteiger partial charge in [-0.25, -0.2) is 0 Å². The van der Waals surface area contributed by atoms with Crippen molar-refractivity contribution in [2.24, 2.45) is 0 Å². The van der Waals surface area contributed by atoms with Crippen molar-refractivity contribution in [1.82, 2.24) is 9.97 Å². The van der Waals surface area contributed by atoms with Crippen LogP contribution in [0.15, 0.2) is 140 Å². The van der Waals surface area contributed by atoms with Crippen molar-refractivity contribution in [2.45, 2.75) is 0 Å². The van der Waals surface area contributed by atoms with Crippen LogP contribution >= 0.6 is 11.6 Å². The Morgan fingerprint density at radius 1 is 0.474 bits per heavy atom. The summed E-state index contributed by atoms with van der Waals surface area (Å²) in [6, 6.07) is 44.8. The number of fused-ring (bicyclic) bond motifs is 3. The first kappa shape index (κ1) is 22.9. The average molecular weight is 523 g/mol. The largest absolute Gasteiger partial charge is 0.256 e. The summed E-state index contributed by atoms with van der Waals surface area (Å²) in [6.45, 7) is 0. The number of hydrogen-bond donors (Lipinski definition) is 0. The molecule has 0 fully saturated rings. The zero-order valence-corrected chi connectivity index (χ0v) is 22.3. The zero-order valence-electron chi connectivity index (χ0n) is 20.6. The number of rotatable bonds is 4. The van der Waals surface area contributed by atoms with Gasteiger partial charge in [-0.05, 0) is 56.1 Å². The Morgan fingerprint density at radius 3 is 1.45 bits per heavy atom. The van der Waals surface area contributed by atoms with E-state index in [9.17, 15) is 0 Å². The number of aromatic nitrogens is 2. The molecule has 38 heavy (non-hydrogen) atoms.